The van der Waals surface area contributed by atoms with E-state index in [0.29, 0.717) is 27.4 Å². The quantitative estimate of drug-likeness (QED) is 0.778. The predicted octanol–water partition coefficient (Wildman–Crippen LogP) is 4.10. The minimum absolute atomic E-state index is 0.353. The van der Waals surface area contributed by atoms with Crippen LogP contribution in [0.2, 0.25) is 5.02 Å². The number of halogens is 2. The van der Waals surface area contributed by atoms with Gasteiger partial charge in [0.15, 0.2) is 0 Å². The third-order valence-electron chi connectivity index (χ3n) is 3.67. The Morgan fingerprint density at radius 3 is 2.74 bits per heavy atom. The Bertz CT molecular complexity index is 830. The Labute approximate surface area is 138 Å². The fourth-order valence-corrected chi connectivity index (χ4v) is 2.75. The van der Waals surface area contributed by atoms with Crippen molar-refractivity contribution in [2.45, 2.75) is 5.92 Å². The van der Waals surface area contributed by atoms with Crippen molar-refractivity contribution in [2.24, 2.45) is 4.99 Å². The van der Waals surface area contributed by atoms with Crippen LogP contribution in [0.15, 0.2) is 59.7 Å². The standard InChI is InChI=1S/C18H13ClFNO2/c1-23-18(22)13-8-9-21-17(14-4-2-3-5-16(14)20)15-10-11(19)6-7-12(13)15/h2-10,13H,1H3. The van der Waals surface area contributed by atoms with Crippen molar-refractivity contribution in [3.8, 4) is 0 Å². The van der Waals surface area contributed by atoms with Gasteiger partial charge in [0.05, 0.1) is 12.8 Å². The number of nitrogens with zero attached hydrogens (tertiary/aromatic N) is 1. The number of hydrogen-bond acceptors (Lipinski definition) is 3. The molecule has 1 atom stereocenters. The summed E-state index contributed by atoms with van der Waals surface area (Å²) in [6.07, 6.45) is 3.13. The van der Waals surface area contributed by atoms with Crippen molar-refractivity contribution in [1.29, 1.82) is 0 Å². The van der Waals surface area contributed by atoms with Crippen LogP contribution in [0.1, 0.15) is 22.6 Å². The van der Waals surface area contributed by atoms with Crippen LogP contribution in [0.3, 0.4) is 0 Å². The number of ether oxygens (including phenoxy) is 1. The molecule has 0 amide bonds. The molecule has 2 aromatic rings. The van der Waals surface area contributed by atoms with E-state index in [1.807, 2.05) is 0 Å². The van der Waals surface area contributed by atoms with Gasteiger partial charge in [-0.2, -0.15) is 0 Å². The van der Waals surface area contributed by atoms with E-state index in [-0.39, 0.29) is 5.82 Å². The first kappa shape index (κ1) is 15.4. The van der Waals surface area contributed by atoms with Gasteiger partial charge in [0.1, 0.15) is 11.7 Å². The molecule has 1 heterocycles. The van der Waals surface area contributed by atoms with Crippen LogP contribution >= 0.6 is 11.6 Å². The van der Waals surface area contributed by atoms with E-state index in [1.54, 1.807) is 42.5 Å². The van der Waals surface area contributed by atoms with Gasteiger partial charge in [-0.05, 0) is 35.9 Å². The first-order valence-electron chi connectivity index (χ1n) is 6.99. The molecule has 1 unspecified atom stereocenters. The first-order chi connectivity index (χ1) is 11.1. The maximum Gasteiger partial charge on any atom is 0.317 e. The van der Waals surface area contributed by atoms with Gasteiger partial charge in [-0.25, -0.2) is 4.39 Å². The minimum Gasteiger partial charge on any atom is -0.468 e. The topological polar surface area (TPSA) is 38.7 Å². The zero-order valence-corrected chi connectivity index (χ0v) is 13.0. The van der Waals surface area contributed by atoms with Gasteiger partial charge >= 0.3 is 5.97 Å². The predicted molar refractivity (Wildman–Crippen MR) is 87.4 cm³/mol. The van der Waals surface area contributed by atoms with E-state index in [1.165, 1.54) is 19.4 Å². The molecule has 0 N–H and O–H groups in total. The van der Waals surface area contributed by atoms with Crippen molar-refractivity contribution in [2.75, 3.05) is 7.11 Å². The number of methoxy groups -OCH3 is 1. The molecule has 5 heteroatoms. The molecule has 23 heavy (non-hydrogen) atoms. The van der Waals surface area contributed by atoms with E-state index in [4.69, 9.17) is 16.3 Å². The molecule has 0 aromatic heterocycles. The highest BCUT2D eigenvalue weighted by atomic mass is 35.5. The lowest BCUT2D eigenvalue weighted by Crippen LogP contribution is -2.16. The molecule has 116 valence electrons. The molecule has 0 fully saturated rings. The van der Waals surface area contributed by atoms with Gasteiger partial charge in [-0.15, -0.1) is 0 Å². The second kappa shape index (κ2) is 6.34. The Balaban J connectivity index is 2.22. The van der Waals surface area contributed by atoms with Gasteiger partial charge in [0.25, 0.3) is 0 Å². The molecular formula is C18H13ClFNO2. The maximum atomic E-state index is 14.2. The van der Waals surface area contributed by atoms with E-state index >= 15 is 0 Å². The molecule has 1 aliphatic rings. The van der Waals surface area contributed by atoms with Crippen LogP contribution in [-0.4, -0.2) is 18.8 Å². The average Bonchev–Trinajstić information content (AvgIpc) is 2.74. The van der Waals surface area contributed by atoms with Crippen molar-refractivity contribution >= 4 is 23.3 Å². The lowest BCUT2D eigenvalue weighted by Gasteiger charge is -2.15. The van der Waals surface area contributed by atoms with E-state index < -0.39 is 11.9 Å². The van der Waals surface area contributed by atoms with Crippen molar-refractivity contribution in [1.82, 2.24) is 0 Å². The monoisotopic (exact) mass is 329 g/mol. The lowest BCUT2D eigenvalue weighted by atomic mass is 9.90. The Morgan fingerprint density at radius 2 is 2.00 bits per heavy atom. The molecule has 0 saturated carbocycles. The van der Waals surface area contributed by atoms with Crippen molar-refractivity contribution in [3.63, 3.8) is 0 Å². The van der Waals surface area contributed by atoms with Crippen LogP contribution in [0.5, 0.6) is 0 Å². The molecule has 1 aliphatic heterocycles. The molecular weight excluding hydrogens is 317 g/mol. The van der Waals surface area contributed by atoms with Crippen LogP contribution in [-0.2, 0) is 9.53 Å². The number of carbonyl (C=O) groups excluding carboxylic acids is 1. The highest BCUT2D eigenvalue weighted by Crippen LogP contribution is 2.30. The summed E-state index contributed by atoms with van der Waals surface area (Å²) < 4.78 is 19.0. The lowest BCUT2D eigenvalue weighted by molar-refractivity contribution is -0.141. The number of aliphatic imine (C=N–C) groups is 1. The molecule has 2 aromatic carbocycles. The van der Waals surface area contributed by atoms with Gasteiger partial charge < -0.3 is 4.74 Å². The Hall–Kier alpha value is -2.46. The van der Waals surface area contributed by atoms with Gasteiger partial charge in [-0.3, -0.25) is 9.79 Å². The van der Waals surface area contributed by atoms with E-state index in [9.17, 15) is 9.18 Å². The zero-order valence-electron chi connectivity index (χ0n) is 12.3. The fourth-order valence-electron chi connectivity index (χ4n) is 2.58. The molecule has 0 spiro atoms. The summed E-state index contributed by atoms with van der Waals surface area (Å²) in [5.41, 5.74) is 2.08. The largest absolute Gasteiger partial charge is 0.468 e. The van der Waals surface area contributed by atoms with Crippen LogP contribution in [0.4, 0.5) is 4.39 Å². The molecule has 0 saturated heterocycles. The summed E-state index contributed by atoms with van der Waals surface area (Å²) >= 11 is 6.10. The third-order valence-corrected chi connectivity index (χ3v) is 3.91. The van der Waals surface area contributed by atoms with Crippen molar-refractivity contribution in [3.05, 3.63) is 82.3 Å². The van der Waals surface area contributed by atoms with Crippen LogP contribution in [0.25, 0.3) is 0 Å². The summed E-state index contributed by atoms with van der Waals surface area (Å²) in [5, 5.41) is 0.485. The van der Waals surface area contributed by atoms with Gasteiger partial charge in [-0.1, -0.05) is 29.8 Å². The number of fused-ring (bicyclic) bond motifs is 1. The van der Waals surface area contributed by atoms with E-state index in [2.05, 4.69) is 4.99 Å². The molecule has 0 bridgehead atoms. The molecule has 3 rings (SSSR count). The van der Waals surface area contributed by atoms with Crippen molar-refractivity contribution < 1.29 is 13.9 Å². The third kappa shape index (κ3) is 2.90. The second-order valence-corrected chi connectivity index (χ2v) is 5.47. The number of rotatable bonds is 2. The van der Waals surface area contributed by atoms with Gasteiger partial charge in [0, 0.05) is 22.3 Å². The zero-order chi connectivity index (χ0) is 16.4. The number of hydrogen-bond donors (Lipinski definition) is 0. The Kier molecular flexibility index (Phi) is 4.26. The highest BCUT2D eigenvalue weighted by Gasteiger charge is 2.26. The summed E-state index contributed by atoms with van der Waals surface area (Å²) in [6, 6.07) is 11.5. The maximum absolute atomic E-state index is 14.2. The summed E-state index contributed by atoms with van der Waals surface area (Å²) in [4.78, 5) is 16.4. The van der Waals surface area contributed by atoms with Gasteiger partial charge in [0.2, 0.25) is 0 Å². The molecule has 0 aliphatic carbocycles. The number of esters is 1. The van der Waals surface area contributed by atoms with E-state index in [0.717, 1.165) is 0 Å². The summed E-state index contributed by atoms with van der Waals surface area (Å²) in [5.74, 6) is -1.41. The summed E-state index contributed by atoms with van der Waals surface area (Å²) in [7, 11) is 1.33. The molecule has 3 nitrogen and oxygen atoms in total. The van der Waals surface area contributed by atoms with Crippen LogP contribution in [0, 0.1) is 5.82 Å². The first-order valence-corrected chi connectivity index (χ1v) is 7.36. The number of carbonyl (C=O) groups is 1. The SMILES string of the molecule is COC(=O)C1C=CN=C(c2ccccc2F)c2cc(Cl)ccc21. The Morgan fingerprint density at radius 1 is 1.22 bits per heavy atom. The minimum atomic E-state index is -0.611. The summed E-state index contributed by atoms with van der Waals surface area (Å²) in [6.45, 7) is 0. The van der Waals surface area contributed by atoms with Crippen LogP contribution < -0.4 is 0 Å². The highest BCUT2D eigenvalue weighted by molar-refractivity contribution is 6.31. The smallest absolute Gasteiger partial charge is 0.317 e. The fraction of sp³-hybridized carbons (Fsp3) is 0.111. The number of benzene rings is 2. The normalized spacial score (nSPS) is 16.3. The average molecular weight is 330 g/mol. The second-order valence-electron chi connectivity index (χ2n) is 5.03. The molecule has 0 radical (unpaired) electrons.